The molecule has 2 aromatic rings. The van der Waals surface area contributed by atoms with Gasteiger partial charge in [0.05, 0.1) is 29.0 Å². The molecule has 0 saturated heterocycles. The van der Waals surface area contributed by atoms with Gasteiger partial charge in [0.25, 0.3) is 10.0 Å². The van der Waals surface area contributed by atoms with Crippen molar-refractivity contribution in [3.8, 4) is 11.1 Å². The molecule has 2 aromatic carbocycles. The number of alkyl halides is 3. The molecule has 0 unspecified atom stereocenters. The fourth-order valence-corrected chi connectivity index (χ4v) is 5.16. The molecule has 182 valence electrons. The molecule has 0 aromatic heterocycles. The maximum absolute atomic E-state index is 13.8. The SMILES string of the molecule is O=C(O)CC(CC(=O)O)NC(=O)CN1c2ccc(C(F)(F)F)cc2-c2ccc(F)cc2S1(=O)=O. The molecule has 1 aliphatic rings. The third kappa shape index (κ3) is 5.11. The van der Waals surface area contributed by atoms with E-state index >= 15 is 0 Å². The number of amides is 1. The highest BCUT2D eigenvalue weighted by Crippen LogP contribution is 2.45. The topological polar surface area (TPSA) is 141 Å². The normalized spacial score (nSPS) is 14.3. The number of benzene rings is 2. The summed E-state index contributed by atoms with van der Waals surface area (Å²) >= 11 is 0. The Morgan fingerprint density at radius 2 is 1.59 bits per heavy atom. The average molecular weight is 504 g/mol. The van der Waals surface area contributed by atoms with E-state index in [0.29, 0.717) is 22.5 Å². The highest BCUT2D eigenvalue weighted by molar-refractivity contribution is 7.93. The van der Waals surface area contributed by atoms with Crippen LogP contribution in [0.3, 0.4) is 0 Å². The van der Waals surface area contributed by atoms with E-state index in [-0.39, 0.29) is 16.8 Å². The van der Waals surface area contributed by atoms with E-state index in [2.05, 4.69) is 5.32 Å². The maximum Gasteiger partial charge on any atom is 0.416 e. The van der Waals surface area contributed by atoms with Gasteiger partial charge in [-0.3, -0.25) is 18.7 Å². The number of carbonyl (C=O) groups excluding carboxylic acids is 1. The van der Waals surface area contributed by atoms with Crippen molar-refractivity contribution in [3.05, 3.63) is 47.8 Å². The molecule has 0 spiro atoms. The van der Waals surface area contributed by atoms with Crippen molar-refractivity contribution in [1.29, 1.82) is 0 Å². The minimum absolute atomic E-state index is 0.200. The van der Waals surface area contributed by atoms with E-state index in [0.717, 1.165) is 18.2 Å². The standard InChI is InChI=1S/C20H16F4N2O7S/c21-11-2-3-13-14-5-10(20(22,23)24)1-4-15(14)26(34(32,33)16(13)6-11)9-17(27)25-12(7-18(28)29)8-19(30)31/h1-6,12H,7-9H2,(H,25,27)(H,28,29)(H,30,31). The summed E-state index contributed by atoms with van der Waals surface area (Å²) in [4.78, 5) is 33.7. The first kappa shape index (κ1) is 25.0. The van der Waals surface area contributed by atoms with E-state index in [1.807, 2.05) is 0 Å². The van der Waals surface area contributed by atoms with Gasteiger partial charge in [0.1, 0.15) is 12.4 Å². The van der Waals surface area contributed by atoms with Gasteiger partial charge < -0.3 is 15.5 Å². The molecule has 9 nitrogen and oxygen atoms in total. The Balaban J connectivity index is 2.05. The van der Waals surface area contributed by atoms with Gasteiger partial charge in [-0.05, 0) is 30.3 Å². The number of hydrogen-bond acceptors (Lipinski definition) is 5. The summed E-state index contributed by atoms with van der Waals surface area (Å²) < 4.78 is 80.4. The molecular weight excluding hydrogens is 488 g/mol. The van der Waals surface area contributed by atoms with Crippen LogP contribution in [-0.4, -0.2) is 49.1 Å². The Morgan fingerprint density at radius 1 is 0.971 bits per heavy atom. The first-order chi connectivity index (χ1) is 15.7. The molecule has 3 N–H and O–H groups in total. The zero-order chi connectivity index (χ0) is 25.4. The lowest BCUT2D eigenvalue weighted by molar-refractivity contribution is -0.140. The second-order valence-electron chi connectivity index (χ2n) is 7.34. The third-order valence-electron chi connectivity index (χ3n) is 4.89. The number of nitrogens with zero attached hydrogens (tertiary/aromatic N) is 1. The molecular formula is C20H16F4N2O7S. The summed E-state index contributed by atoms with van der Waals surface area (Å²) in [6.07, 6.45) is -6.32. The molecule has 0 fully saturated rings. The van der Waals surface area contributed by atoms with Crippen LogP contribution in [0.1, 0.15) is 18.4 Å². The second kappa shape index (κ2) is 8.93. The number of hydrogen-bond donors (Lipinski definition) is 3. The molecule has 14 heteroatoms. The molecule has 1 aliphatic heterocycles. The molecule has 1 amide bonds. The van der Waals surface area contributed by atoms with Crippen LogP contribution in [0.5, 0.6) is 0 Å². The first-order valence-corrected chi connectivity index (χ1v) is 10.9. The van der Waals surface area contributed by atoms with Crippen molar-refractivity contribution in [1.82, 2.24) is 5.32 Å². The Hall–Kier alpha value is -3.68. The molecule has 0 saturated carbocycles. The fraction of sp³-hybridized carbons (Fsp3) is 0.250. The van der Waals surface area contributed by atoms with E-state index < -0.39 is 75.7 Å². The van der Waals surface area contributed by atoms with Crippen molar-refractivity contribution in [2.45, 2.75) is 30.0 Å². The number of sulfonamides is 1. The van der Waals surface area contributed by atoms with Crippen molar-refractivity contribution in [3.63, 3.8) is 0 Å². The number of nitrogens with one attached hydrogen (secondary N) is 1. The molecule has 0 atom stereocenters. The predicted molar refractivity (Wildman–Crippen MR) is 108 cm³/mol. The Kier molecular flexibility index (Phi) is 6.55. The van der Waals surface area contributed by atoms with E-state index in [1.54, 1.807) is 0 Å². The van der Waals surface area contributed by atoms with Crippen molar-refractivity contribution in [2.24, 2.45) is 0 Å². The predicted octanol–water partition coefficient (Wildman–Crippen LogP) is 2.45. The number of anilines is 1. The summed E-state index contributed by atoms with van der Waals surface area (Å²) in [5.74, 6) is -4.94. The van der Waals surface area contributed by atoms with Gasteiger partial charge in [-0.25, -0.2) is 12.8 Å². The van der Waals surface area contributed by atoms with Crippen LogP contribution in [0.15, 0.2) is 41.3 Å². The number of carboxylic acid groups (broad SMARTS) is 2. The van der Waals surface area contributed by atoms with Gasteiger partial charge in [0.15, 0.2) is 0 Å². The van der Waals surface area contributed by atoms with Gasteiger partial charge in [0, 0.05) is 17.2 Å². The lowest BCUT2D eigenvalue weighted by Crippen LogP contribution is -2.46. The monoisotopic (exact) mass is 504 g/mol. The number of carbonyl (C=O) groups is 3. The highest BCUT2D eigenvalue weighted by atomic mass is 32.2. The third-order valence-corrected chi connectivity index (χ3v) is 6.69. The average Bonchev–Trinajstić information content (AvgIpc) is 2.69. The van der Waals surface area contributed by atoms with Crippen molar-refractivity contribution in [2.75, 3.05) is 10.8 Å². The first-order valence-electron chi connectivity index (χ1n) is 9.47. The Labute approximate surface area is 189 Å². The van der Waals surface area contributed by atoms with Gasteiger partial charge in [0.2, 0.25) is 5.91 Å². The van der Waals surface area contributed by atoms with Crippen LogP contribution in [0.25, 0.3) is 11.1 Å². The van der Waals surface area contributed by atoms with Crippen LogP contribution >= 0.6 is 0 Å². The van der Waals surface area contributed by atoms with Crippen molar-refractivity contribution >= 4 is 33.6 Å². The molecule has 1 heterocycles. The van der Waals surface area contributed by atoms with Gasteiger partial charge in [-0.15, -0.1) is 0 Å². The van der Waals surface area contributed by atoms with Crippen LogP contribution in [0.2, 0.25) is 0 Å². The highest BCUT2D eigenvalue weighted by Gasteiger charge is 2.39. The van der Waals surface area contributed by atoms with Crippen molar-refractivity contribution < 1.29 is 50.6 Å². The smallest absolute Gasteiger partial charge is 0.416 e. The van der Waals surface area contributed by atoms with Crippen LogP contribution in [-0.2, 0) is 30.6 Å². The number of carboxylic acids is 2. The lowest BCUT2D eigenvalue weighted by Gasteiger charge is -2.32. The van der Waals surface area contributed by atoms with E-state index in [4.69, 9.17) is 10.2 Å². The van der Waals surface area contributed by atoms with Crippen LogP contribution in [0.4, 0.5) is 23.2 Å². The second-order valence-corrected chi connectivity index (χ2v) is 9.17. The summed E-state index contributed by atoms with van der Waals surface area (Å²) in [7, 11) is -4.63. The quantitative estimate of drug-likeness (QED) is 0.492. The fourth-order valence-electron chi connectivity index (χ4n) is 3.50. The molecule has 34 heavy (non-hydrogen) atoms. The van der Waals surface area contributed by atoms with Gasteiger partial charge >= 0.3 is 18.1 Å². The number of rotatable bonds is 7. The Morgan fingerprint density at radius 3 is 2.15 bits per heavy atom. The molecule has 3 rings (SSSR count). The molecule has 0 aliphatic carbocycles. The van der Waals surface area contributed by atoms with E-state index in [9.17, 15) is 40.4 Å². The molecule has 0 bridgehead atoms. The summed E-state index contributed by atoms with van der Waals surface area (Å²) in [5, 5.41) is 19.9. The number of halogens is 4. The number of aliphatic carboxylic acids is 2. The largest absolute Gasteiger partial charge is 0.481 e. The summed E-state index contributed by atoms with van der Waals surface area (Å²) in [6, 6.07) is 3.25. The summed E-state index contributed by atoms with van der Waals surface area (Å²) in [6.45, 7) is -1.02. The maximum atomic E-state index is 13.8. The zero-order valence-electron chi connectivity index (χ0n) is 17.0. The van der Waals surface area contributed by atoms with Crippen LogP contribution in [0, 0.1) is 5.82 Å². The minimum atomic E-state index is -4.77. The Bertz CT molecular complexity index is 1260. The summed E-state index contributed by atoms with van der Waals surface area (Å²) in [5.41, 5.74) is -1.82. The van der Waals surface area contributed by atoms with Gasteiger partial charge in [-0.1, -0.05) is 6.07 Å². The van der Waals surface area contributed by atoms with E-state index in [1.165, 1.54) is 0 Å². The molecule has 0 radical (unpaired) electrons. The van der Waals surface area contributed by atoms with Crippen LogP contribution < -0.4 is 9.62 Å². The lowest BCUT2D eigenvalue weighted by atomic mass is 10.00. The number of fused-ring (bicyclic) bond motifs is 3. The zero-order valence-corrected chi connectivity index (χ0v) is 17.8. The minimum Gasteiger partial charge on any atom is -0.481 e. The van der Waals surface area contributed by atoms with Gasteiger partial charge in [-0.2, -0.15) is 13.2 Å².